The lowest BCUT2D eigenvalue weighted by Crippen LogP contribution is -2.47. The molecule has 1 aliphatic heterocycles. The van der Waals surface area contributed by atoms with Crippen molar-refractivity contribution in [3.63, 3.8) is 0 Å². The molecule has 31 heavy (non-hydrogen) atoms. The molecule has 7 heteroatoms. The lowest BCUT2D eigenvalue weighted by Gasteiger charge is -2.32. The first kappa shape index (κ1) is 21.4. The molecule has 2 N–H and O–H groups in total. The minimum Gasteiger partial charge on any atom is -0.335 e. The Morgan fingerprint density at radius 1 is 1.00 bits per heavy atom. The van der Waals surface area contributed by atoms with Gasteiger partial charge in [0.2, 0.25) is 0 Å². The molecule has 4 rings (SSSR count). The largest absolute Gasteiger partial charge is 0.335 e. The number of hydrogen-bond acceptors (Lipinski definition) is 3. The maximum Gasteiger partial charge on any atom is 0.315 e. The molecule has 0 spiro atoms. The number of hydrogen-bond donors (Lipinski definition) is 2. The Morgan fingerprint density at radius 3 is 2.45 bits per heavy atom. The third kappa shape index (κ3) is 6.32. The van der Waals surface area contributed by atoms with E-state index in [-0.39, 0.29) is 12.1 Å². The topological polar surface area (TPSA) is 62.2 Å². The highest BCUT2D eigenvalue weighted by Crippen LogP contribution is 2.16. The van der Waals surface area contributed by atoms with Gasteiger partial charge in [-0.05, 0) is 47.7 Å². The number of amides is 2. The maximum atomic E-state index is 12.5. The van der Waals surface area contributed by atoms with E-state index < -0.39 is 0 Å². The van der Waals surface area contributed by atoms with E-state index in [0.29, 0.717) is 13.1 Å². The van der Waals surface area contributed by atoms with Crippen LogP contribution >= 0.6 is 11.6 Å². The lowest BCUT2D eigenvalue weighted by atomic mass is 10.0. The van der Waals surface area contributed by atoms with Crippen LogP contribution in [0, 0.1) is 0 Å². The van der Waals surface area contributed by atoms with Gasteiger partial charge in [-0.1, -0.05) is 48.0 Å². The fraction of sp³-hybridized carbons (Fsp3) is 0.333. The van der Waals surface area contributed by atoms with Crippen molar-refractivity contribution in [2.24, 2.45) is 0 Å². The summed E-state index contributed by atoms with van der Waals surface area (Å²) in [6.45, 7) is 4.06. The third-order valence-corrected chi connectivity index (χ3v) is 5.94. The second-order valence-corrected chi connectivity index (χ2v) is 8.41. The van der Waals surface area contributed by atoms with Crippen LogP contribution in [0.3, 0.4) is 0 Å². The number of carbonyl (C=O) groups is 1. The van der Waals surface area contributed by atoms with Crippen LogP contribution in [0.15, 0.2) is 67.0 Å². The highest BCUT2D eigenvalue weighted by atomic mass is 35.5. The number of piperidine rings is 1. The molecule has 2 heterocycles. The van der Waals surface area contributed by atoms with E-state index in [0.717, 1.165) is 48.6 Å². The number of benzene rings is 2. The van der Waals surface area contributed by atoms with Gasteiger partial charge in [-0.3, -0.25) is 9.58 Å². The van der Waals surface area contributed by atoms with Gasteiger partial charge in [0.1, 0.15) is 0 Å². The van der Waals surface area contributed by atoms with Crippen LogP contribution < -0.4 is 10.6 Å². The molecule has 0 bridgehead atoms. The van der Waals surface area contributed by atoms with E-state index in [1.807, 2.05) is 47.3 Å². The molecule has 0 saturated carbocycles. The molecule has 2 amide bonds. The van der Waals surface area contributed by atoms with Gasteiger partial charge in [-0.2, -0.15) is 5.10 Å². The van der Waals surface area contributed by atoms with E-state index in [2.05, 4.69) is 38.8 Å². The smallest absolute Gasteiger partial charge is 0.315 e. The van der Waals surface area contributed by atoms with Gasteiger partial charge in [-0.15, -0.1) is 0 Å². The first-order valence-corrected chi connectivity index (χ1v) is 11.1. The molecule has 1 saturated heterocycles. The van der Waals surface area contributed by atoms with Crippen molar-refractivity contribution < 1.29 is 4.79 Å². The molecule has 1 aliphatic rings. The van der Waals surface area contributed by atoms with Crippen LogP contribution in [-0.2, 0) is 19.6 Å². The molecule has 0 atom stereocenters. The third-order valence-electron chi connectivity index (χ3n) is 5.69. The van der Waals surface area contributed by atoms with Crippen molar-refractivity contribution in [2.75, 3.05) is 13.1 Å². The molecule has 162 valence electrons. The number of rotatable bonds is 7. The minimum absolute atomic E-state index is 0.106. The summed E-state index contributed by atoms with van der Waals surface area (Å²) in [5.74, 6) is 0. The van der Waals surface area contributed by atoms with Gasteiger partial charge in [0.25, 0.3) is 0 Å². The van der Waals surface area contributed by atoms with Crippen LogP contribution in [0.25, 0.3) is 0 Å². The quantitative estimate of drug-likeness (QED) is 0.586. The molecule has 0 radical (unpaired) electrons. The van der Waals surface area contributed by atoms with Gasteiger partial charge in [0, 0.05) is 49.6 Å². The zero-order valence-electron chi connectivity index (χ0n) is 17.5. The molecular weight excluding hydrogens is 410 g/mol. The van der Waals surface area contributed by atoms with Crippen molar-refractivity contribution in [2.45, 2.75) is 38.5 Å². The van der Waals surface area contributed by atoms with Crippen molar-refractivity contribution in [1.82, 2.24) is 25.3 Å². The molecule has 1 aromatic heterocycles. The average Bonchev–Trinajstić information content (AvgIpc) is 3.29. The summed E-state index contributed by atoms with van der Waals surface area (Å²) >= 11 is 5.96. The van der Waals surface area contributed by atoms with Crippen LogP contribution in [0.1, 0.15) is 29.5 Å². The SMILES string of the molecule is O=C(NCc1ccccc1Cn1cccn1)NC1CCN(Cc2ccc(Cl)cc2)CC1. The van der Waals surface area contributed by atoms with E-state index in [1.54, 1.807) is 6.20 Å². The fourth-order valence-electron chi connectivity index (χ4n) is 3.95. The van der Waals surface area contributed by atoms with E-state index in [4.69, 9.17) is 11.6 Å². The standard InChI is InChI=1S/C24H28ClN5O/c25-22-8-6-19(7-9-22)17-29-14-10-23(11-15-29)28-24(31)26-16-20-4-1-2-5-21(20)18-30-13-3-12-27-30/h1-9,12-13,23H,10-11,14-18H2,(H2,26,28,31). The van der Waals surface area contributed by atoms with Gasteiger partial charge in [-0.25, -0.2) is 4.79 Å². The Hall–Kier alpha value is -2.83. The molecule has 0 unspecified atom stereocenters. The van der Waals surface area contributed by atoms with E-state index in [9.17, 15) is 4.79 Å². The molecule has 0 aliphatic carbocycles. The Labute approximate surface area is 188 Å². The van der Waals surface area contributed by atoms with Crippen molar-refractivity contribution in [3.05, 3.63) is 88.7 Å². The van der Waals surface area contributed by atoms with Gasteiger partial charge < -0.3 is 10.6 Å². The van der Waals surface area contributed by atoms with Crippen molar-refractivity contribution in [3.8, 4) is 0 Å². The zero-order chi connectivity index (χ0) is 21.5. The predicted molar refractivity (Wildman–Crippen MR) is 123 cm³/mol. The summed E-state index contributed by atoms with van der Waals surface area (Å²) in [7, 11) is 0. The fourth-order valence-corrected chi connectivity index (χ4v) is 4.07. The van der Waals surface area contributed by atoms with Crippen LogP contribution in [0.2, 0.25) is 5.02 Å². The van der Waals surface area contributed by atoms with Crippen molar-refractivity contribution >= 4 is 17.6 Å². The minimum atomic E-state index is -0.106. The number of urea groups is 1. The van der Waals surface area contributed by atoms with Gasteiger partial charge in [0.15, 0.2) is 0 Å². The summed E-state index contributed by atoms with van der Waals surface area (Å²) in [6, 6.07) is 18.2. The highest BCUT2D eigenvalue weighted by molar-refractivity contribution is 6.30. The van der Waals surface area contributed by atoms with Gasteiger partial charge >= 0.3 is 6.03 Å². The first-order valence-electron chi connectivity index (χ1n) is 10.7. The monoisotopic (exact) mass is 437 g/mol. The van der Waals surface area contributed by atoms with Gasteiger partial charge in [0.05, 0.1) is 6.54 Å². The first-order chi connectivity index (χ1) is 15.2. The molecule has 6 nitrogen and oxygen atoms in total. The number of nitrogens with zero attached hydrogens (tertiary/aromatic N) is 3. The number of halogens is 1. The second-order valence-electron chi connectivity index (χ2n) is 7.98. The summed E-state index contributed by atoms with van der Waals surface area (Å²) < 4.78 is 1.89. The normalized spacial score (nSPS) is 15.0. The lowest BCUT2D eigenvalue weighted by molar-refractivity contribution is 0.186. The van der Waals surface area contributed by atoms with Crippen LogP contribution in [-0.4, -0.2) is 39.8 Å². The number of aromatic nitrogens is 2. The van der Waals surface area contributed by atoms with Crippen molar-refractivity contribution in [1.29, 1.82) is 0 Å². The van der Waals surface area contributed by atoms with E-state index in [1.165, 1.54) is 5.56 Å². The molecular formula is C24H28ClN5O. The van der Waals surface area contributed by atoms with Crippen LogP contribution in [0.5, 0.6) is 0 Å². The van der Waals surface area contributed by atoms with E-state index >= 15 is 0 Å². The summed E-state index contributed by atoms with van der Waals surface area (Å²) in [5.41, 5.74) is 3.52. The maximum absolute atomic E-state index is 12.5. The Morgan fingerprint density at radius 2 is 1.74 bits per heavy atom. The number of carbonyl (C=O) groups excluding carboxylic acids is 1. The number of nitrogens with one attached hydrogen (secondary N) is 2. The predicted octanol–water partition coefficient (Wildman–Crippen LogP) is 4.05. The average molecular weight is 438 g/mol. The summed E-state index contributed by atoms with van der Waals surface area (Å²) in [5, 5.41) is 11.2. The number of likely N-dealkylation sites (tertiary alicyclic amines) is 1. The Kier molecular flexibility index (Phi) is 7.22. The summed E-state index contributed by atoms with van der Waals surface area (Å²) in [6.07, 6.45) is 5.62. The second kappa shape index (κ2) is 10.5. The Balaban J connectivity index is 1.21. The molecule has 3 aromatic rings. The molecule has 1 fully saturated rings. The Bertz CT molecular complexity index is 966. The summed E-state index contributed by atoms with van der Waals surface area (Å²) in [4.78, 5) is 14.9. The molecule has 2 aromatic carbocycles. The zero-order valence-corrected chi connectivity index (χ0v) is 18.3. The van der Waals surface area contributed by atoms with Crippen LogP contribution in [0.4, 0.5) is 4.79 Å². The highest BCUT2D eigenvalue weighted by Gasteiger charge is 2.20.